The van der Waals surface area contributed by atoms with Gasteiger partial charge in [-0.2, -0.15) is 18.2 Å². The summed E-state index contributed by atoms with van der Waals surface area (Å²) in [5.41, 5.74) is -0.644. The Morgan fingerprint density at radius 3 is 2.50 bits per heavy atom. The molecule has 1 atom stereocenters. The van der Waals surface area contributed by atoms with Crippen LogP contribution in [0, 0.1) is 0 Å². The van der Waals surface area contributed by atoms with Gasteiger partial charge in [0.25, 0.3) is 5.56 Å². The quantitative estimate of drug-likeness (QED) is 0.526. The van der Waals surface area contributed by atoms with Gasteiger partial charge in [-0.3, -0.25) is 4.79 Å². The fourth-order valence-corrected chi connectivity index (χ4v) is 4.34. The number of H-pyrrole nitrogens is 1. The van der Waals surface area contributed by atoms with Crippen molar-refractivity contribution < 1.29 is 21.6 Å². The van der Waals surface area contributed by atoms with Gasteiger partial charge in [-0.05, 0) is 36.8 Å². The highest BCUT2D eigenvalue weighted by Crippen LogP contribution is 2.31. The van der Waals surface area contributed by atoms with E-state index in [1.165, 1.54) is 22.6 Å². The minimum atomic E-state index is -4.46. The highest BCUT2D eigenvalue weighted by Gasteiger charge is 2.30. The number of nitrogens with zero attached hydrogens (tertiary/aromatic N) is 3. The number of halogens is 3. The molecule has 1 aromatic carbocycles. The summed E-state index contributed by atoms with van der Waals surface area (Å²) in [4.78, 5) is 23.6. The van der Waals surface area contributed by atoms with Gasteiger partial charge in [-0.1, -0.05) is 0 Å². The van der Waals surface area contributed by atoms with Crippen molar-refractivity contribution in [3.8, 4) is 0 Å². The average molecular weight is 468 g/mol. The maximum Gasteiger partial charge on any atom is 0.416 e. The molecule has 0 aliphatic carbocycles. The van der Waals surface area contributed by atoms with E-state index < -0.39 is 27.3 Å². The predicted octanol–water partition coefficient (Wildman–Crippen LogP) is 2.53. The van der Waals surface area contributed by atoms with Gasteiger partial charge in [-0.25, -0.2) is 17.7 Å². The number of sulfonamides is 1. The van der Waals surface area contributed by atoms with Crippen LogP contribution >= 0.6 is 0 Å². The van der Waals surface area contributed by atoms with Crippen molar-refractivity contribution >= 4 is 38.4 Å². The van der Waals surface area contributed by atoms with Crippen LogP contribution < -0.4 is 16.2 Å². The first-order valence-electron chi connectivity index (χ1n) is 9.56. The summed E-state index contributed by atoms with van der Waals surface area (Å²) >= 11 is 0. The Kier molecular flexibility index (Phi) is 5.54. The minimum absolute atomic E-state index is 0.108. The molecule has 3 heterocycles. The number of aromatic amines is 1. The van der Waals surface area contributed by atoms with Gasteiger partial charge in [0.2, 0.25) is 16.0 Å². The first-order chi connectivity index (χ1) is 15.0. The Bertz CT molecular complexity index is 1310. The number of aromatic nitrogens is 3. The lowest BCUT2D eigenvalue weighted by Gasteiger charge is -2.16. The molecule has 1 aliphatic rings. The molecule has 3 N–H and O–H groups in total. The van der Waals surface area contributed by atoms with Gasteiger partial charge >= 0.3 is 6.18 Å². The molecular weight excluding hydrogens is 449 g/mol. The van der Waals surface area contributed by atoms with E-state index in [0.717, 1.165) is 18.4 Å². The summed E-state index contributed by atoms with van der Waals surface area (Å²) in [5, 5.41) is 6.10. The lowest BCUT2D eigenvalue weighted by atomic mass is 10.2. The van der Waals surface area contributed by atoms with Gasteiger partial charge in [0.05, 0.1) is 17.3 Å². The number of anilines is 3. The van der Waals surface area contributed by atoms with Crippen molar-refractivity contribution in [3.63, 3.8) is 0 Å². The molecule has 1 fully saturated rings. The summed E-state index contributed by atoms with van der Waals surface area (Å²) in [6, 6.07) is 5.66. The first-order valence-corrected chi connectivity index (χ1v) is 11.4. The van der Waals surface area contributed by atoms with Gasteiger partial charge in [-0.15, -0.1) is 0 Å². The Hall–Kier alpha value is -3.19. The van der Waals surface area contributed by atoms with Crippen molar-refractivity contribution in [2.75, 3.05) is 30.0 Å². The number of rotatable bonds is 5. The van der Waals surface area contributed by atoms with Crippen molar-refractivity contribution in [2.24, 2.45) is 0 Å². The SMILES string of the molecule is CS(=O)(=O)N1CC[C@H](Nc2nc(Nc3ccc(C(F)(F)F)cc3)c3c(=O)[nH]ccc3n2)C1. The van der Waals surface area contributed by atoms with Crippen molar-refractivity contribution in [3.05, 3.63) is 52.4 Å². The minimum Gasteiger partial charge on any atom is -0.350 e. The monoisotopic (exact) mass is 468 g/mol. The molecule has 0 amide bonds. The second-order valence-electron chi connectivity index (χ2n) is 7.41. The summed E-state index contributed by atoms with van der Waals surface area (Å²) in [6.45, 7) is 0.609. The van der Waals surface area contributed by atoms with E-state index in [-0.39, 0.29) is 29.7 Å². The topological polar surface area (TPSA) is 120 Å². The molecule has 2 aromatic heterocycles. The Morgan fingerprint density at radius 2 is 1.88 bits per heavy atom. The third kappa shape index (κ3) is 4.67. The fraction of sp³-hybridized carbons (Fsp3) is 0.316. The van der Waals surface area contributed by atoms with E-state index in [0.29, 0.717) is 24.2 Å². The molecule has 4 rings (SSSR count). The lowest BCUT2D eigenvalue weighted by Crippen LogP contribution is -2.31. The number of hydrogen-bond acceptors (Lipinski definition) is 7. The van der Waals surface area contributed by atoms with E-state index in [9.17, 15) is 26.4 Å². The molecule has 0 saturated carbocycles. The number of nitrogens with one attached hydrogen (secondary N) is 3. The highest BCUT2D eigenvalue weighted by molar-refractivity contribution is 7.88. The third-order valence-electron chi connectivity index (χ3n) is 5.05. The van der Waals surface area contributed by atoms with Crippen LogP contribution in [0.15, 0.2) is 41.3 Å². The van der Waals surface area contributed by atoms with E-state index in [2.05, 4.69) is 25.6 Å². The largest absolute Gasteiger partial charge is 0.416 e. The van der Waals surface area contributed by atoms with E-state index in [4.69, 9.17) is 0 Å². The molecule has 1 aliphatic heterocycles. The molecule has 1 saturated heterocycles. The first kappa shape index (κ1) is 22.0. The highest BCUT2D eigenvalue weighted by atomic mass is 32.2. The molecule has 0 unspecified atom stereocenters. The molecule has 13 heteroatoms. The second kappa shape index (κ2) is 8.06. The zero-order valence-electron chi connectivity index (χ0n) is 16.8. The lowest BCUT2D eigenvalue weighted by molar-refractivity contribution is -0.137. The Balaban J connectivity index is 1.65. The molecule has 0 spiro atoms. The average Bonchev–Trinajstić information content (AvgIpc) is 3.16. The van der Waals surface area contributed by atoms with Crippen LogP contribution in [0.3, 0.4) is 0 Å². The van der Waals surface area contributed by atoms with Crippen molar-refractivity contribution in [1.29, 1.82) is 0 Å². The van der Waals surface area contributed by atoms with Crippen LogP contribution in [0.25, 0.3) is 10.9 Å². The zero-order chi connectivity index (χ0) is 23.1. The summed E-state index contributed by atoms with van der Waals surface area (Å²) in [5.74, 6) is 0.273. The Labute approximate surface area is 180 Å². The van der Waals surface area contributed by atoms with Gasteiger partial charge in [0.15, 0.2) is 0 Å². The van der Waals surface area contributed by atoms with E-state index in [1.54, 1.807) is 6.07 Å². The normalized spacial score (nSPS) is 17.6. The molecule has 0 radical (unpaired) electrons. The molecule has 32 heavy (non-hydrogen) atoms. The van der Waals surface area contributed by atoms with E-state index >= 15 is 0 Å². The summed E-state index contributed by atoms with van der Waals surface area (Å²) < 4.78 is 63.3. The molecule has 0 bridgehead atoms. The molecule has 170 valence electrons. The standard InChI is InChI=1S/C19H19F3N6O3S/c1-32(30,31)28-9-7-13(10-28)25-18-26-14-6-8-23-17(29)15(14)16(27-18)24-12-4-2-11(3-5-12)19(20,21)22/h2-6,8,13H,7,9-10H2,1H3,(H,23,29)(H2,24,25,26,27)/t13-/m0/s1. The van der Waals surface area contributed by atoms with Crippen LogP contribution in [-0.4, -0.2) is 53.1 Å². The number of fused-ring (bicyclic) bond motifs is 1. The van der Waals surface area contributed by atoms with Gasteiger partial charge in [0, 0.05) is 31.0 Å². The Morgan fingerprint density at radius 1 is 1.16 bits per heavy atom. The number of benzene rings is 1. The smallest absolute Gasteiger partial charge is 0.350 e. The summed E-state index contributed by atoms with van der Waals surface area (Å²) in [7, 11) is -3.32. The summed E-state index contributed by atoms with van der Waals surface area (Å²) in [6.07, 6.45) is -1.36. The van der Waals surface area contributed by atoms with Crippen LogP contribution in [0.2, 0.25) is 0 Å². The van der Waals surface area contributed by atoms with Crippen molar-refractivity contribution in [2.45, 2.75) is 18.6 Å². The molecular formula is C19H19F3N6O3S. The molecule has 9 nitrogen and oxygen atoms in total. The number of hydrogen-bond donors (Lipinski definition) is 3. The van der Waals surface area contributed by atoms with Gasteiger partial charge in [0.1, 0.15) is 11.2 Å². The van der Waals surface area contributed by atoms with Crippen LogP contribution in [-0.2, 0) is 16.2 Å². The van der Waals surface area contributed by atoms with Crippen molar-refractivity contribution in [1.82, 2.24) is 19.3 Å². The van der Waals surface area contributed by atoms with Crippen LogP contribution in [0.4, 0.5) is 30.6 Å². The fourth-order valence-electron chi connectivity index (χ4n) is 3.46. The zero-order valence-corrected chi connectivity index (χ0v) is 17.6. The van der Waals surface area contributed by atoms with E-state index in [1.807, 2.05) is 0 Å². The third-order valence-corrected chi connectivity index (χ3v) is 6.32. The molecule has 3 aromatic rings. The maximum atomic E-state index is 12.8. The number of alkyl halides is 3. The number of pyridine rings is 1. The van der Waals surface area contributed by atoms with Gasteiger partial charge < -0.3 is 15.6 Å². The maximum absolute atomic E-state index is 12.8. The van der Waals surface area contributed by atoms with Crippen LogP contribution in [0.1, 0.15) is 12.0 Å². The predicted molar refractivity (Wildman–Crippen MR) is 113 cm³/mol. The second-order valence-corrected chi connectivity index (χ2v) is 9.40. The van der Waals surface area contributed by atoms with Crippen LogP contribution in [0.5, 0.6) is 0 Å².